The number of phosphoric ester groups is 3. The summed E-state index contributed by atoms with van der Waals surface area (Å²) < 4.78 is 84.6. The van der Waals surface area contributed by atoms with E-state index in [4.69, 9.17) is 43.8 Å². The first-order chi connectivity index (χ1) is 28.6. The minimum atomic E-state index is -5.24. The molecule has 3 aliphatic rings. The normalized spacial score (nSPS) is 28.9. The van der Waals surface area contributed by atoms with E-state index >= 15 is 0 Å². The highest BCUT2D eigenvalue weighted by Crippen LogP contribution is 2.52. The number of rotatable bonds is 16. The van der Waals surface area contributed by atoms with Gasteiger partial charge in [0, 0.05) is 37.2 Å². The molecule has 0 aromatic carbocycles. The topological polar surface area (TPSA) is 412 Å². The minimum absolute atomic E-state index is 0.00159. The first-order valence-corrected chi connectivity index (χ1v) is 22.4. The lowest BCUT2D eigenvalue weighted by molar-refractivity contribution is -0.0611. The summed E-state index contributed by atoms with van der Waals surface area (Å²) in [5.74, 6) is -0.0112. The molecule has 3 aliphatic heterocycles. The van der Waals surface area contributed by atoms with E-state index in [2.05, 4.69) is 29.4 Å². The van der Waals surface area contributed by atoms with E-state index in [0.29, 0.717) is 11.2 Å². The zero-order chi connectivity index (χ0) is 44.0. The summed E-state index contributed by atoms with van der Waals surface area (Å²) in [5, 5.41) is 10.7. The molecule has 5 unspecified atom stereocenters. The number of nitrogens with one attached hydrogen (secondary N) is 1. The molecule has 10 N–H and O–H groups in total. The number of nitrogens with two attached hydrogens (primary N) is 2. The van der Waals surface area contributed by atoms with E-state index < -0.39 is 122 Å². The van der Waals surface area contributed by atoms with Gasteiger partial charge < -0.3 is 50.4 Å². The van der Waals surface area contributed by atoms with Gasteiger partial charge in [0.05, 0.1) is 32.3 Å². The second-order valence-corrected chi connectivity index (χ2v) is 17.9. The lowest BCUT2D eigenvalue weighted by Gasteiger charge is -2.24. The fourth-order valence-electron chi connectivity index (χ4n) is 6.73. The number of aliphatic hydroxyl groups excluding tert-OH is 1. The van der Waals surface area contributed by atoms with Gasteiger partial charge in [-0.25, -0.2) is 38.2 Å². The summed E-state index contributed by atoms with van der Waals surface area (Å²) in [7, 11) is -15.4. The summed E-state index contributed by atoms with van der Waals surface area (Å²) >= 11 is 0. The molecule has 7 rings (SSSR count). The van der Waals surface area contributed by atoms with Gasteiger partial charge in [-0.2, -0.15) is 4.98 Å². The maximum absolute atomic E-state index is 13.4. The Kier molecular flexibility index (Phi) is 12.9. The summed E-state index contributed by atoms with van der Waals surface area (Å²) in [6, 6.07) is 1.26. The Hall–Kier alpha value is -4.12. The number of aromatic amines is 1. The molecule has 3 saturated heterocycles. The molecule has 32 heteroatoms. The second-order valence-electron chi connectivity index (χ2n) is 13.9. The van der Waals surface area contributed by atoms with Crippen molar-refractivity contribution in [2.45, 2.75) is 81.5 Å². The lowest BCUT2D eigenvalue weighted by Crippen LogP contribution is -2.33. The molecule has 0 bridgehead atoms. The average molecular weight is 925 g/mol. The number of anilines is 2. The van der Waals surface area contributed by atoms with Gasteiger partial charge in [0.1, 0.15) is 66.9 Å². The van der Waals surface area contributed by atoms with Crippen LogP contribution < -0.4 is 28.4 Å². The molecule has 11 atom stereocenters. The van der Waals surface area contributed by atoms with Crippen LogP contribution in [0.15, 0.2) is 45.5 Å². The minimum Gasteiger partial charge on any atom is -0.390 e. The predicted octanol–water partition coefficient (Wildman–Crippen LogP) is -1.56. The molecule has 3 fully saturated rings. The van der Waals surface area contributed by atoms with Crippen LogP contribution in [0.3, 0.4) is 0 Å². The smallest absolute Gasteiger partial charge is 0.390 e. The summed E-state index contributed by atoms with van der Waals surface area (Å²) in [6.07, 6.45) is -7.58. The number of H-pyrrole nitrogens is 1. The van der Waals surface area contributed by atoms with Crippen molar-refractivity contribution < 1.29 is 75.2 Å². The Morgan fingerprint density at radius 3 is 2.00 bits per heavy atom. The zero-order valence-corrected chi connectivity index (χ0v) is 34.1. The van der Waals surface area contributed by atoms with Crippen molar-refractivity contribution in [2.24, 2.45) is 0 Å². The molecule has 4 aromatic rings. The highest BCUT2D eigenvalue weighted by atomic mass is 31.2. The molecule has 7 heterocycles. The Bertz CT molecular complexity index is 2580. The third kappa shape index (κ3) is 10.6. The molecule has 0 saturated carbocycles. The fourth-order valence-corrected chi connectivity index (χ4v) is 9.00. The highest BCUT2D eigenvalue weighted by Gasteiger charge is 2.47. The zero-order valence-electron chi connectivity index (χ0n) is 31.4. The number of hydrogen-bond donors (Lipinski definition) is 8. The van der Waals surface area contributed by atoms with Crippen molar-refractivity contribution in [3.63, 3.8) is 0 Å². The summed E-state index contributed by atoms with van der Waals surface area (Å²) in [5.41, 5.74) is 9.63. The first kappa shape index (κ1) is 44.9. The van der Waals surface area contributed by atoms with Crippen LogP contribution in [0.1, 0.15) is 43.5 Å². The molecular weight excluding hydrogens is 885 g/mol. The first-order valence-electron chi connectivity index (χ1n) is 17.9. The maximum atomic E-state index is 13.4. The van der Waals surface area contributed by atoms with Gasteiger partial charge in [-0.05, 0) is 13.0 Å². The third-order valence-corrected chi connectivity index (χ3v) is 12.1. The summed E-state index contributed by atoms with van der Waals surface area (Å²) in [6.45, 7) is -1.09. The van der Waals surface area contributed by atoms with Gasteiger partial charge >= 0.3 is 34.8 Å². The third-order valence-electron chi connectivity index (χ3n) is 9.63. The fraction of sp³-hybridized carbons (Fsp3) is 0.552. The van der Waals surface area contributed by atoms with Crippen LogP contribution in [-0.2, 0) is 50.5 Å². The van der Waals surface area contributed by atoms with Crippen molar-refractivity contribution in [1.29, 1.82) is 0 Å². The van der Waals surface area contributed by atoms with E-state index in [-0.39, 0.29) is 30.0 Å². The monoisotopic (exact) mass is 924 g/mol. The van der Waals surface area contributed by atoms with Gasteiger partial charge in [-0.15, -0.1) is 0 Å². The Balaban J connectivity index is 1.03. The largest absolute Gasteiger partial charge is 0.472 e. The van der Waals surface area contributed by atoms with E-state index in [0.717, 1.165) is 15.3 Å². The van der Waals surface area contributed by atoms with Crippen molar-refractivity contribution >= 4 is 46.3 Å². The average Bonchev–Trinajstić information content (AvgIpc) is 3.96. The number of ether oxygens (including phenoxy) is 3. The Morgan fingerprint density at radius 2 is 1.38 bits per heavy atom. The predicted molar refractivity (Wildman–Crippen MR) is 200 cm³/mol. The van der Waals surface area contributed by atoms with E-state index in [9.17, 15) is 52.8 Å². The highest BCUT2D eigenvalue weighted by molar-refractivity contribution is 7.47. The molecule has 334 valence electrons. The molecule has 0 spiro atoms. The van der Waals surface area contributed by atoms with Crippen molar-refractivity contribution in [3.05, 3.63) is 68.0 Å². The van der Waals surface area contributed by atoms with Crippen LogP contribution in [0.5, 0.6) is 0 Å². The number of aliphatic hydroxyl groups is 1. The Morgan fingerprint density at radius 1 is 0.803 bits per heavy atom. The number of aryl methyl sites for hydroxylation is 1. The second kappa shape index (κ2) is 17.6. The van der Waals surface area contributed by atoms with Gasteiger partial charge in [0.2, 0.25) is 0 Å². The number of nitrogens with zero attached hydrogens (tertiary/aromatic N) is 7. The summed E-state index contributed by atoms with van der Waals surface area (Å²) in [4.78, 5) is 95.1. The number of phosphoric acid groups is 3. The lowest BCUT2D eigenvalue weighted by atomic mass is 10.2. The van der Waals surface area contributed by atoms with Crippen LogP contribution in [0, 0.1) is 6.92 Å². The number of aromatic nitrogens is 8. The van der Waals surface area contributed by atoms with Gasteiger partial charge in [-0.1, -0.05) is 0 Å². The molecule has 0 amide bonds. The van der Waals surface area contributed by atoms with Gasteiger partial charge in [0.25, 0.3) is 5.56 Å². The standard InChI is InChI=1S/C29H39N10O19P3/c1-13-7-38(29(43)36-27(13)41)23-6-16(18(56-23)9-51-59(44,45)46)58-61(49,50)53-10-19-15(5-22(55-19)37-3-2-20(30)35-28(37)42)57-60(47,48)52-8-17-14(40)4-21(54-17)39-12-34-24-25(31)32-11-33-26(24)39/h2-3,7,11-12,14-19,21-23,40H,4-6,8-10H2,1H3,(H,47,48)(H,49,50)(H2,30,35,42)(H2,31,32,33)(H,36,41,43)(H2,44,45,46)/t14?,15?,16?,17-,18-,19-,21-,22-,23-/m1/s1. The van der Waals surface area contributed by atoms with Crippen LogP contribution >= 0.6 is 23.5 Å². The molecule has 0 aliphatic carbocycles. The van der Waals surface area contributed by atoms with Crippen LogP contribution in [0.25, 0.3) is 11.2 Å². The number of nitrogen functional groups attached to an aromatic ring is 2. The molecule has 4 aromatic heterocycles. The number of hydrogen-bond acceptors (Lipinski definition) is 21. The van der Waals surface area contributed by atoms with Crippen molar-refractivity contribution in [3.8, 4) is 0 Å². The molecule has 61 heavy (non-hydrogen) atoms. The van der Waals surface area contributed by atoms with Gasteiger partial charge in [0.15, 0.2) is 11.5 Å². The van der Waals surface area contributed by atoms with E-state index in [1.807, 2.05) is 0 Å². The van der Waals surface area contributed by atoms with Crippen LogP contribution in [0.2, 0.25) is 0 Å². The SMILES string of the molecule is Cc1cn([C@H]2CC(OP(=O)(O)OC[C@H]3O[C@@H](n4ccc(N)nc4=O)CC3OP(=O)(O)OC[C@H]3O[C@@H](n4cnc5c(N)ncnc54)CC3O)[C@@H](COP(=O)(O)O)O2)c(=O)[nH]c1=O. The quantitative estimate of drug-likeness (QED) is 0.0589. The number of imidazole rings is 1. The van der Waals surface area contributed by atoms with E-state index in [1.54, 1.807) is 0 Å². The Labute approximate surface area is 340 Å². The molecule has 0 radical (unpaired) electrons. The van der Waals surface area contributed by atoms with Crippen LogP contribution in [-0.4, -0.2) is 120 Å². The van der Waals surface area contributed by atoms with Crippen LogP contribution in [0.4, 0.5) is 11.6 Å². The van der Waals surface area contributed by atoms with E-state index in [1.165, 1.54) is 36.4 Å². The maximum Gasteiger partial charge on any atom is 0.472 e. The van der Waals surface area contributed by atoms with Gasteiger partial charge in [-0.3, -0.25) is 46.1 Å². The molecule has 29 nitrogen and oxygen atoms in total. The van der Waals surface area contributed by atoms with Crippen molar-refractivity contribution in [2.75, 3.05) is 31.3 Å². The molecular formula is C29H39N10O19P3. The number of fused-ring (bicyclic) bond motifs is 1. The van der Waals surface area contributed by atoms with Crippen molar-refractivity contribution in [1.82, 2.24) is 38.6 Å².